The van der Waals surface area contributed by atoms with Gasteiger partial charge in [0.1, 0.15) is 0 Å². The molecule has 0 amide bonds. The standard InChI is InChI=1S/C10H12ClNO.ClH/c11-8-3-1-7(2-4-8)10-5-9(13)6-12-10;/h1-4,9-10,12-13H,5-6H2;1H. The predicted octanol–water partition coefficient (Wildman–Crippen LogP) is 2.16. The lowest BCUT2D eigenvalue weighted by atomic mass is 10.1. The van der Waals surface area contributed by atoms with Gasteiger partial charge in [-0.3, -0.25) is 0 Å². The predicted molar refractivity (Wildman–Crippen MR) is 60.1 cm³/mol. The van der Waals surface area contributed by atoms with Gasteiger partial charge in [0.05, 0.1) is 6.10 Å². The van der Waals surface area contributed by atoms with E-state index in [0.717, 1.165) is 11.4 Å². The van der Waals surface area contributed by atoms with Crippen LogP contribution in [0.25, 0.3) is 0 Å². The molecule has 4 heteroatoms. The first kappa shape index (κ1) is 11.8. The van der Waals surface area contributed by atoms with Crippen molar-refractivity contribution >= 4 is 24.0 Å². The summed E-state index contributed by atoms with van der Waals surface area (Å²) in [4.78, 5) is 0. The Bertz CT molecular complexity index is 289. The van der Waals surface area contributed by atoms with Crippen molar-refractivity contribution in [1.82, 2.24) is 5.32 Å². The van der Waals surface area contributed by atoms with Crippen LogP contribution >= 0.6 is 24.0 Å². The lowest BCUT2D eigenvalue weighted by Crippen LogP contribution is -2.14. The molecule has 1 saturated heterocycles. The van der Waals surface area contributed by atoms with Gasteiger partial charge in [-0.25, -0.2) is 0 Å². The van der Waals surface area contributed by atoms with E-state index in [1.165, 1.54) is 5.56 Å². The summed E-state index contributed by atoms with van der Waals surface area (Å²) in [5.74, 6) is 0. The molecule has 0 saturated carbocycles. The third-order valence-electron chi connectivity index (χ3n) is 2.38. The van der Waals surface area contributed by atoms with Crippen LogP contribution in [0.15, 0.2) is 24.3 Å². The number of halogens is 2. The highest BCUT2D eigenvalue weighted by atomic mass is 35.5. The van der Waals surface area contributed by atoms with E-state index in [1.54, 1.807) is 0 Å². The van der Waals surface area contributed by atoms with Crippen LogP contribution in [0.4, 0.5) is 0 Å². The van der Waals surface area contributed by atoms with E-state index in [1.807, 2.05) is 24.3 Å². The molecule has 1 fully saturated rings. The molecule has 2 N–H and O–H groups in total. The van der Waals surface area contributed by atoms with Crippen LogP contribution in [0, 0.1) is 0 Å². The zero-order chi connectivity index (χ0) is 9.26. The topological polar surface area (TPSA) is 32.3 Å². The average molecular weight is 234 g/mol. The van der Waals surface area contributed by atoms with E-state index in [0.29, 0.717) is 6.54 Å². The summed E-state index contributed by atoms with van der Waals surface area (Å²) in [6.45, 7) is 0.688. The van der Waals surface area contributed by atoms with Crippen molar-refractivity contribution in [2.45, 2.75) is 18.6 Å². The molecule has 2 unspecified atom stereocenters. The van der Waals surface area contributed by atoms with Gasteiger partial charge in [-0.1, -0.05) is 23.7 Å². The molecule has 1 aromatic carbocycles. The van der Waals surface area contributed by atoms with Gasteiger partial charge >= 0.3 is 0 Å². The van der Waals surface area contributed by atoms with Gasteiger partial charge in [-0.05, 0) is 24.1 Å². The van der Waals surface area contributed by atoms with E-state index in [-0.39, 0.29) is 24.6 Å². The molecule has 0 aliphatic carbocycles. The number of aliphatic hydroxyl groups excluding tert-OH is 1. The average Bonchev–Trinajstić information content (AvgIpc) is 2.53. The SMILES string of the molecule is Cl.OC1CNC(c2ccc(Cl)cc2)C1. The van der Waals surface area contributed by atoms with E-state index >= 15 is 0 Å². The van der Waals surface area contributed by atoms with Crippen molar-refractivity contribution < 1.29 is 5.11 Å². The summed E-state index contributed by atoms with van der Waals surface area (Å²) >= 11 is 5.78. The lowest BCUT2D eigenvalue weighted by molar-refractivity contribution is 0.193. The van der Waals surface area contributed by atoms with Gasteiger partial charge in [-0.15, -0.1) is 12.4 Å². The summed E-state index contributed by atoms with van der Waals surface area (Å²) in [7, 11) is 0. The van der Waals surface area contributed by atoms with Crippen molar-refractivity contribution in [2.75, 3.05) is 6.54 Å². The third kappa shape index (κ3) is 2.61. The lowest BCUT2D eigenvalue weighted by Gasteiger charge is -2.09. The summed E-state index contributed by atoms with van der Waals surface area (Å²) in [5, 5.41) is 13.3. The minimum Gasteiger partial charge on any atom is -0.392 e. The van der Waals surface area contributed by atoms with Crippen molar-refractivity contribution in [3.63, 3.8) is 0 Å². The van der Waals surface area contributed by atoms with Crippen LogP contribution in [-0.2, 0) is 0 Å². The zero-order valence-electron chi connectivity index (χ0n) is 7.61. The number of hydrogen-bond acceptors (Lipinski definition) is 2. The van der Waals surface area contributed by atoms with Crippen LogP contribution in [0.5, 0.6) is 0 Å². The molecule has 1 aliphatic rings. The Hall–Kier alpha value is -0.280. The number of hydrogen-bond donors (Lipinski definition) is 2. The molecule has 0 aromatic heterocycles. The highest BCUT2D eigenvalue weighted by molar-refractivity contribution is 6.30. The van der Waals surface area contributed by atoms with E-state index < -0.39 is 0 Å². The fraction of sp³-hybridized carbons (Fsp3) is 0.400. The van der Waals surface area contributed by atoms with Crippen LogP contribution in [-0.4, -0.2) is 17.8 Å². The molecule has 0 bridgehead atoms. The quantitative estimate of drug-likeness (QED) is 0.780. The molecule has 2 nitrogen and oxygen atoms in total. The normalized spacial score (nSPS) is 25.9. The molecule has 78 valence electrons. The number of β-amino-alcohol motifs (C(OH)–C–C–N with tert-alkyl or cyclic N) is 1. The summed E-state index contributed by atoms with van der Waals surface area (Å²) < 4.78 is 0. The number of benzene rings is 1. The van der Waals surface area contributed by atoms with E-state index in [4.69, 9.17) is 11.6 Å². The Morgan fingerprint density at radius 2 is 1.93 bits per heavy atom. The van der Waals surface area contributed by atoms with Crippen molar-refractivity contribution in [3.8, 4) is 0 Å². The van der Waals surface area contributed by atoms with Crippen molar-refractivity contribution in [1.29, 1.82) is 0 Å². The maximum absolute atomic E-state index is 9.33. The first-order valence-electron chi connectivity index (χ1n) is 4.42. The fourth-order valence-corrected chi connectivity index (χ4v) is 1.79. The Morgan fingerprint density at radius 1 is 1.29 bits per heavy atom. The molecule has 1 heterocycles. The molecular formula is C10H13Cl2NO. The van der Waals surface area contributed by atoms with Crippen LogP contribution in [0.1, 0.15) is 18.0 Å². The summed E-state index contributed by atoms with van der Waals surface area (Å²) in [6.07, 6.45) is 0.586. The van der Waals surface area contributed by atoms with Crippen molar-refractivity contribution in [3.05, 3.63) is 34.9 Å². The molecular weight excluding hydrogens is 221 g/mol. The number of aliphatic hydroxyl groups is 1. The minimum absolute atomic E-state index is 0. The first-order valence-corrected chi connectivity index (χ1v) is 4.80. The van der Waals surface area contributed by atoms with Crippen LogP contribution in [0.2, 0.25) is 5.02 Å². The highest BCUT2D eigenvalue weighted by Crippen LogP contribution is 2.24. The molecule has 1 aliphatic heterocycles. The van der Waals surface area contributed by atoms with Gasteiger partial charge in [0.25, 0.3) is 0 Å². The fourth-order valence-electron chi connectivity index (χ4n) is 1.67. The van der Waals surface area contributed by atoms with Gasteiger partial charge in [-0.2, -0.15) is 0 Å². The Kier molecular flexibility index (Phi) is 4.20. The Morgan fingerprint density at radius 3 is 2.43 bits per heavy atom. The monoisotopic (exact) mass is 233 g/mol. The second-order valence-electron chi connectivity index (χ2n) is 3.40. The van der Waals surface area contributed by atoms with Gasteiger partial charge in [0.15, 0.2) is 0 Å². The summed E-state index contributed by atoms with van der Waals surface area (Å²) in [5.41, 5.74) is 1.20. The zero-order valence-corrected chi connectivity index (χ0v) is 9.18. The van der Waals surface area contributed by atoms with Crippen LogP contribution in [0.3, 0.4) is 0 Å². The minimum atomic E-state index is -0.208. The smallest absolute Gasteiger partial charge is 0.0682 e. The maximum atomic E-state index is 9.33. The largest absolute Gasteiger partial charge is 0.392 e. The summed E-state index contributed by atoms with van der Waals surface area (Å²) in [6, 6.07) is 8.04. The van der Waals surface area contributed by atoms with Gasteiger partial charge in [0.2, 0.25) is 0 Å². The Labute approximate surface area is 94.7 Å². The molecule has 0 radical (unpaired) electrons. The number of nitrogens with one attached hydrogen (secondary N) is 1. The second-order valence-corrected chi connectivity index (χ2v) is 3.84. The Balaban J connectivity index is 0.000000980. The third-order valence-corrected chi connectivity index (χ3v) is 2.63. The van der Waals surface area contributed by atoms with Crippen LogP contribution < -0.4 is 5.32 Å². The highest BCUT2D eigenvalue weighted by Gasteiger charge is 2.22. The second kappa shape index (κ2) is 4.99. The van der Waals surface area contributed by atoms with E-state index in [2.05, 4.69) is 5.32 Å². The molecule has 1 aromatic rings. The maximum Gasteiger partial charge on any atom is 0.0682 e. The first-order chi connectivity index (χ1) is 6.25. The van der Waals surface area contributed by atoms with Gasteiger partial charge < -0.3 is 10.4 Å². The van der Waals surface area contributed by atoms with Gasteiger partial charge in [0, 0.05) is 17.6 Å². The number of rotatable bonds is 1. The molecule has 2 rings (SSSR count). The van der Waals surface area contributed by atoms with Crippen molar-refractivity contribution in [2.24, 2.45) is 0 Å². The molecule has 14 heavy (non-hydrogen) atoms. The molecule has 0 spiro atoms. The molecule has 2 atom stereocenters. The van der Waals surface area contributed by atoms with E-state index in [9.17, 15) is 5.11 Å².